The van der Waals surface area contributed by atoms with E-state index in [2.05, 4.69) is 6.58 Å². The van der Waals surface area contributed by atoms with Gasteiger partial charge in [0.15, 0.2) is 0 Å². The molecular weight excluding hydrogens is 328 g/mol. The highest BCUT2D eigenvalue weighted by Gasteiger charge is 2.27. The Hall–Kier alpha value is -2.36. The number of ether oxygens (including phenoxy) is 2. The Morgan fingerprint density at radius 1 is 1.15 bits per heavy atom. The van der Waals surface area contributed by atoms with Crippen molar-refractivity contribution >= 4 is 18.0 Å². The predicted molar refractivity (Wildman–Crippen MR) is 103 cm³/mol. The lowest BCUT2D eigenvalue weighted by atomic mass is 9.80. The van der Waals surface area contributed by atoms with E-state index < -0.39 is 0 Å². The first-order valence-electron chi connectivity index (χ1n) is 9.39. The second kappa shape index (κ2) is 10.6. The first-order valence-corrected chi connectivity index (χ1v) is 9.39. The van der Waals surface area contributed by atoms with Crippen molar-refractivity contribution in [3.8, 4) is 5.75 Å². The summed E-state index contributed by atoms with van der Waals surface area (Å²) in [4.78, 5) is 23.8. The fourth-order valence-electron chi connectivity index (χ4n) is 3.13. The lowest BCUT2D eigenvalue weighted by Crippen LogP contribution is -2.25. The number of hydrogen-bond acceptors (Lipinski definition) is 4. The largest absolute Gasteiger partial charge is 0.463 e. The summed E-state index contributed by atoms with van der Waals surface area (Å²) in [7, 11) is 0. The third kappa shape index (κ3) is 6.51. The monoisotopic (exact) mass is 356 g/mol. The van der Waals surface area contributed by atoms with Crippen LogP contribution in [0.25, 0.3) is 6.08 Å². The van der Waals surface area contributed by atoms with Gasteiger partial charge >= 0.3 is 11.9 Å². The average Bonchev–Trinajstić information content (AvgIpc) is 2.66. The third-order valence-corrected chi connectivity index (χ3v) is 4.64. The molecule has 0 unspecified atom stereocenters. The van der Waals surface area contributed by atoms with E-state index in [0.29, 0.717) is 18.3 Å². The molecule has 0 amide bonds. The van der Waals surface area contributed by atoms with Crippen molar-refractivity contribution in [3.05, 3.63) is 48.6 Å². The highest BCUT2D eigenvalue weighted by Crippen LogP contribution is 2.32. The van der Waals surface area contributed by atoms with Gasteiger partial charge in [-0.3, -0.25) is 4.79 Å². The molecule has 2 rings (SSSR count). The van der Waals surface area contributed by atoms with Gasteiger partial charge < -0.3 is 9.47 Å². The smallest absolute Gasteiger partial charge is 0.330 e. The fourth-order valence-corrected chi connectivity index (χ4v) is 3.13. The maximum Gasteiger partial charge on any atom is 0.330 e. The van der Waals surface area contributed by atoms with E-state index in [1.54, 1.807) is 18.2 Å². The molecule has 4 nitrogen and oxygen atoms in total. The first kappa shape index (κ1) is 20.0. The van der Waals surface area contributed by atoms with Crippen LogP contribution >= 0.6 is 0 Å². The standard InChI is InChI=1S/C22H28O4/c1-3-5-17-6-11-19(12-7-17)22(24)26-20-13-8-18(9-14-20)10-15-21(23)25-16-4-2/h3,8-10,13-15,17,19H,1,4-7,11-12,16H2,2H3. The molecule has 26 heavy (non-hydrogen) atoms. The van der Waals surface area contributed by atoms with E-state index in [9.17, 15) is 9.59 Å². The van der Waals surface area contributed by atoms with E-state index in [-0.39, 0.29) is 17.9 Å². The van der Waals surface area contributed by atoms with Crippen molar-refractivity contribution in [2.75, 3.05) is 6.61 Å². The van der Waals surface area contributed by atoms with E-state index >= 15 is 0 Å². The summed E-state index contributed by atoms with van der Waals surface area (Å²) < 4.78 is 10.5. The molecule has 0 spiro atoms. The molecular formula is C22H28O4. The molecule has 0 N–H and O–H groups in total. The summed E-state index contributed by atoms with van der Waals surface area (Å²) in [5.74, 6) is 0.687. The van der Waals surface area contributed by atoms with Crippen LogP contribution < -0.4 is 4.74 Å². The molecule has 0 aliphatic heterocycles. The van der Waals surface area contributed by atoms with Crippen molar-refractivity contribution < 1.29 is 19.1 Å². The van der Waals surface area contributed by atoms with Gasteiger partial charge in [-0.15, -0.1) is 6.58 Å². The van der Waals surface area contributed by atoms with Gasteiger partial charge in [-0.25, -0.2) is 4.79 Å². The van der Waals surface area contributed by atoms with E-state index in [1.807, 2.05) is 25.1 Å². The Bertz CT molecular complexity index is 622. The number of rotatable bonds is 8. The predicted octanol–water partition coefficient (Wildman–Crippen LogP) is 4.94. The van der Waals surface area contributed by atoms with Crippen molar-refractivity contribution in [1.82, 2.24) is 0 Å². The van der Waals surface area contributed by atoms with Crippen molar-refractivity contribution in [1.29, 1.82) is 0 Å². The molecule has 0 heterocycles. The molecule has 4 heteroatoms. The molecule has 1 saturated carbocycles. The van der Waals surface area contributed by atoms with Crippen LogP contribution in [-0.2, 0) is 14.3 Å². The van der Waals surface area contributed by atoms with Crippen LogP contribution in [-0.4, -0.2) is 18.5 Å². The van der Waals surface area contributed by atoms with Gasteiger partial charge in [0.05, 0.1) is 12.5 Å². The van der Waals surface area contributed by atoms with Crippen molar-refractivity contribution in [2.45, 2.75) is 45.4 Å². The molecule has 1 fully saturated rings. The Labute approximate surface area is 155 Å². The van der Waals surface area contributed by atoms with Crippen LogP contribution in [0.5, 0.6) is 5.75 Å². The Morgan fingerprint density at radius 2 is 1.85 bits per heavy atom. The number of benzene rings is 1. The maximum absolute atomic E-state index is 12.3. The van der Waals surface area contributed by atoms with Gasteiger partial charge in [0.1, 0.15) is 5.75 Å². The third-order valence-electron chi connectivity index (χ3n) is 4.64. The molecule has 0 bridgehead atoms. The Kier molecular flexibility index (Phi) is 8.13. The van der Waals surface area contributed by atoms with E-state index in [0.717, 1.165) is 44.1 Å². The van der Waals surface area contributed by atoms with E-state index in [1.165, 1.54) is 6.08 Å². The fraction of sp³-hybridized carbons (Fsp3) is 0.455. The van der Waals surface area contributed by atoms with Gasteiger partial charge in [-0.05, 0) is 68.2 Å². The van der Waals surface area contributed by atoms with Gasteiger partial charge in [-0.2, -0.15) is 0 Å². The van der Waals surface area contributed by atoms with Crippen LogP contribution in [0.1, 0.15) is 51.0 Å². The minimum atomic E-state index is -0.352. The first-order chi connectivity index (χ1) is 12.6. The number of esters is 2. The van der Waals surface area contributed by atoms with E-state index in [4.69, 9.17) is 9.47 Å². The van der Waals surface area contributed by atoms with Gasteiger partial charge in [0.25, 0.3) is 0 Å². The molecule has 0 atom stereocenters. The normalized spacial score (nSPS) is 19.9. The zero-order chi connectivity index (χ0) is 18.8. The molecule has 1 aliphatic rings. The topological polar surface area (TPSA) is 52.6 Å². The summed E-state index contributed by atoms with van der Waals surface area (Å²) >= 11 is 0. The summed E-state index contributed by atoms with van der Waals surface area (Å²) in [6, 6.07) is 7.12. The van der Waals surface area contributed by atoms with Crippen LogP contribution in [0.3, 0.4) is 0 Å². The highest BCUT2D eigenvalue weighted by atomic mass is 16.5. The second-order valence-electron chi connectivity index (χ2n) is 6.73. The number of hydrogen-bond donors (Lipinski definition) is 0. The maximum atomic E-state index is 12.3. The van der Waals surface area contributed by atoms with Crippen molar-refractivity contribution in [2.24, 2.45) is 11.8 Å². The molecule has 1 aliphatic carbocycles. The summed E-state index contributed by atoms with van der Waals surface area (Å²) in [5, 5.41) is 0. The minimum Gasteiger partial charge on any atom is -0.463 e. The lowest BCUT2D eigenvalue weighted by Gasteiger charge is -2.26. The summed E-state index contributed by atoms with van der Waals surface area (Å²) in [5.41, 5.74) is 0.850. The average molecular weight is 356 g/mol. The molecule has 1 aromatic carbocycles. The zero-order valence-corrected chi connectivity index (χ0v) is 15.5. The number of allylic oxidation sites excluding steroid dienone is 1. The lowest BCUT2D eigenvalue weighted by molar-refractivity contribution is -0.140. The number of carbonyl (C=O) groups excluding carboxylic acids is 2. The molecule has 1 aromatic rings. The summed E-state index contributed by atoms with van der Waals surface area (Å²) in [6.45, 7) is 6.16. The van der Waals surface area contributed by atoms with Crippen LogP contribution in [0.4, 0.5) is 0 Å². The van der Waals surface area contributed by atoms with Gasteiger partial charge in [0.2, 0.25) is 0 Å². The minimum absolute atomic E-state index is 0.0102. The molecule has 0 aromatic heterocycles. The van der Waals surface area contributed by atoms with Crippen LogP contribution in [0.2, 0.25) is 0 Å². The van der Waals surface area contributed by atoms with Gasteiger partial charge in [-0.1, -0.05) is 25.1 Å². The quantitative estimate of drug-likeness (QED) is 0.286. The Balaban J connectivity index is 1.81. The highest BCUT2D eigenvalue weighted by molar-refractivity contribution is 5.87. The Morgan fingerprint density at radius 3 is 2.46 bits per heavy atom. The zero-order valence-electron chi connectivity index (χ0n) is 15.5. The molecule has 0 radical (unpaired) electrons. The second-order valence-corrected chi connectivity index (χ2v) is 6.73. The number of carbonyl (C=O) groups is 2. The molecule has 140 valence electrons. The summed E-state index contributed by atoms with van der Waals surface area (Å²) in [6.07, 6.45) is 10.8. The van der Waals surface area contributed by atoms with Crippen LogP contribution in [0, 0.1) is 11.8 Å². The SMILES string of the molecule is C=CCC1CCC(C(=O)Oc2ccc(C=CC(=O)OCCC)cc2)CC1. The van der Waals surface area contributed by atoms with Gasteiger partial charge in [0, 0.05) is 6.08 Å². The molecule has 0 saturated heterocycles. The van der Waals surface area contributed by atoms with Crippen LogP contribution in [0.15, 0.2) is 43.0 Å². The van der Waals surface area contributed by atoms with Crippen molar-refractivity contribution in [3.63, 3.8) is 0 Å².